The van der Waals surface area contributed by atoms with Crippen LogP contribution in [-0.2, 0) is 0 Å². The Bertz CT molecular complexity index is 587. The summed E-state index contributed by atoms with van der Waals surface area (Å²) in [7, 11) is 2.21. The van der Waals surface area contributed by atoms with E-state index in [2.05, 4.69) is 34.0 Å². The fourth-order valence-corrected chi connectivity index (χ4v) is 3.96. The molecule has 2 saturated heterocycles. The lowest BCUT2D eigenvalue weighted by molar-refractivity contribution is 0.214. The molecule has 2 aliphatic rings. The van der Waals surface area contributed by atoms with Gasteiger partial charge in [0.2, 0.25) is 0 Å². The molecule has 3 rings (SSSR count). The molecular formula is C21H34FN5. The number of piperidine rings is 1. The predicted molar refractivity (Wildman–Crippen MR) is 111 cm³/mol. The first-order valence-electron chi connectivity index (χ1n) is 10.4. The maximum atomic E-state index is 13.1. The van der Waals surface area contributed by atoms with Gasteiger partial charge in [0.1, 0.15) is 5.82 Å². The van der Waals surface area contributed by atoms with Crippen molar-refractivity contribution in [1.82, 2.24) is 15.1 Å². The Hall–Kier alpha value is -1.82. The lowest BCUT2D eigenvalue weighted by atomic mass is 9.94. The van der Waals surface area contributed by atoms with Crippen LogP contribution in [0.15, 0.2) is 29.3 Å². The van der Waals surface area contributed by atoms with Crippen LogP contribution >= 0.6 is 0 Å². The van der Waals surface area contributed by atoms with E-state index in [1.807, 2.05) is 12.1 Å². The third-order valence-corrected chi connectivity index (χ3v) is 5.74. The molecule has 2 fully saturated rings. The molecule has 0 unspecified atom stereocenters. The third-order valence-electron chi connectivity index (χ3n) is 5.74. The molecule has 0 atom stereocenters. The molecule has 6 heteroatoms. The van der Waals surface area contributed by atoms with Crippen molar-refractivity contribution >= 4 is 11.6 Å². The molecule has 0 aromatic heterocycles. The van der Waals surface area contributed by atoms with Crippen LogP contribution in [-0.4, -0.2) is 75.2 Å². The molecular weight excluding hydrogens is 341 g/mol. The van der Waals surface area contributed by atoms with Gasteiger partial charge in [-0.2, -0.15) is 0 Å². The van der Waals surface area contributed by atoms with Gasteiger partial charge in [0.25, 0.3) is 0 Å². The summed E-state index contributed by atoms with van der Waals surface area (Å²) in [6, 6.07) is 6.81. The van der Waals surface area contributed by atoms with Crippen molar-refractivity contribution in [3.8, 4) is 0 Å². The van der Waals surface area contributed by atoms with E-state index in [0.29, 0.717) is 0 Å². The second kappa shape index (κ2) is 9.93. The molecule has 0 saturated carbocycles. The Morgan fingerprint density at radius 1 is 1.07 bits per heavy atom. The van der Waals surface area contributed by atoms with E-state index >= 15 is 0 Å². The standard InChI is InChI=1S/C21H34FN5/c1-3-23-21(24-11-8-18-9-12-25(2)13-10-18)27-16-14-26(15-17-27)20-6-4-19(22)5-7-20/h4-7,18H,3,8-17H2,1-2H3,(H,23,24). The Balaban J connectivity index is 1.49. The first-order chi connectivity index (χ1) is 13.2. The van der Waals surface area contributed by atoms with Gasteiger partial charge < -0.3 is 20.0 Å². The highest BCUT2D eigenvalue weighted by Crippen LogP contribution is 2.20. The number of nitrogens with one attached hydrogen (secondary N) is 1. The zero-order valence-corrected chi connectivity index (χ0v) is 16.8. The molecule has 0 radical (unpaired) electrons. The smallest absolute Gasteiger partial charge is 0.194 e. The van der Waals surface area contributed by atoms with Gasteiger partial charge in [0.05, 0.1) is 0 Å². The second-order valence-corrected chi connectivity index (χ2v) is 7.72. The van der Waals surface area contributed by atoms with Crippen molar-refractivity contribution in [3.05, 3.63) is 30.1 Å². The summed E-state index contributed by atoms with van der Waals surface area (Å²) < 4.78 is 13.1. The Kier molecular flexibility index (Phi) is 7.33. The van der Waals surface area contributed by atoms with Gasteiger partial charge in [0.15, 0.2) is 5.96 Å². The maximum absolute atomic E-state index is 13.1. The highest BCUT2D eigenvalue weighted by molar-refractivity contribution is 5.80. The van der Waals surface area contributed by atoms with Gasteiger partial charge in [-0.05, 0) is 76.5 Å². The summed E-state index contributed by atoms with van der Waals surface area (Å²) in [5.41, 5.74) is 1.10. The minimum absolute atomic E-state index is 0.177. The van der Waals surface area contributed by atoms with E-state index in [-0.39, 0.29) is 5.82 Å². The zero-order chi connectivity index (χ0) is 19.1. The number of benzene rings is 1. The quantitative estimate of drug-likeness (QED) is 0.634. The molecule has 1 aromatic carbocycles. The van der Waals surface area contributed by atoms with Crippen molar-refractivity contribution in [3.63, 3.8) is 0 Å². The molecule has 5 nitrogen and oxygen atoms in total. The van der Waals surface area contributed by atoms with Crippen LogP contribution in [0.4, 0.5) is 10.1 Å². The SMILES string of the molecule is CCNC(=NCCC1CCN(C)CC1)N1CCN(c2ccc(F)cc2)CC1. The first kappa shape index (κ1) is 19.9. The van der Waals surface area contributed by atoms with Gasteiger partial charge in [-0.25, -0.2) is 4.39 Å². The molecule has 150 valence electrons. The Labute approximate surface area is 163 Å². The molecule has 1 aromatic rings. The van der Waals surface area contributed by atoms with Crippen LogP contribution in [0.25, 0.3) is 0 Å². The van der Waals surface area contributed by atoms with Crippen molar-refractivity contribution in [1.29, 1.82) is 0 Å². The van der Waals surface area contributed by atoms with E-state index in [1.165, 1.54) is 44.5 Å². The van der Waals surface area contributed by atoms with Crippen molar-refractivity contribution in [2.24, 2.45) is 10.9 Å². The number of halogens is 1. The predicted octanol–water partition coefficient (Wildman–Crippen LogP) is 2.65. The summed E-state index contributed by atoms with van der Waals surface area (Å²) in [5.74, 6) is 1.69. The average molecular weight is 376 g/mol. The number of guanidine groups is 1. The summed E-state index contributed by atoms with van der Waals surface area (Å²) in [6.45, 7) is 10.1. The van der Waals surface area contributed by atoms with Crippen molar-refractivity contribution in [2.45, 2.75) is 26.2 Å². The van der Waals surface area contributed by atoms with E-state index in [1.54, 1.807) is 0 Å². The topological polar surface area (TPSA) is 34.1 Å². The van der Waals surface area contributed by atoms with E-state index in [9.17, 15) is 4.39 Å². The highest BCUT2D eigenvalue weighted by atomic mass is 19.1. The van der Waals surface area contributed by atoms with Gasteiger partial charge in [-0.1, -0.05) is 0 Å². The zero-order valence-electron chi connectivity index (χ0n) is 16.8. The number of likely N-dealkylation sites (tertiary alicyclic amines) is 1. The van der Waals surface area contributed by atoms with Crippen molar-refractivity contribution in [2.75, 3.05) is 64.3 Å². The number of hydrogen-bond acceptors (Lipinski definition) is 3. The van der Waals surface area contributed by atoms with Crippen molar-refractivity contribution < 1.29 is 4.39 Å². The molecule has 2 heterocycles. The summed E-state index contributed by atoms with van der Waals surface area (Å²) in [5, 5.41) is 3.46. The fraction of sp³-hybridized carbons (Fsp3) is 0.667. The third kappa shape index (κ3) is 5.83. The van der Waals surface area contributed by atoms with E-state index in [4.69, 9.17) is 4.99 Å². The normalized spacial score (nSPS) is 20.2. The molecule has 2 aliphatic heterocycles. The van der Waals surface area contributed by atoms with Crippen LogP contribution in [0.1, 0.15) is 26.2 Å². The van der Waals surface area contributed by atoms with Gasteiger partial charge in [0, 0.05) is 45.0 Å². The highest BCUT2D eigenvalue weighted by Gasteiger charge is 2.20. The Morgan fingerprint density at radius 3 is 2.37 bits per heavy atom. The first-order valence-corrected chi connectivity index (χ1v) is 10.4. The lowest BCUT2D eigenvalue weighted by Gasteiger charge is -2.37. The maximum Gasteiger partial charge on any atom is 0.194 e. The average Bonchev–Trinajstić information content (AvgIpc) is 2.70. The monoisotopic (exact) mass is 375 g/mol. The van der Waals surface area contributed by atoms with Gasteiger partial charge in [-0.3, -0.25) is 4.99 Å². The minimum Gasteiger partial charge on any atom is -0.368 e. The summed E-state index contributed by atoms with van der Waals surface area (Å²) >= 11 is 0. The molecule has 0 spiro atoms. The van der Waals surface area contributed by atoms with E-state index in [0.717, 1.165) is 56.8 Å². The van der Waals surface area contributed by atoms with E-state index < -0.39 is 0 Å². The number of hydrogen-bond donors (Lipinski definition) is 1. The molecule has 1 N–H and O–H groups in total. The second-order valence-electron chi connectivity index (χ2n) is 7.72. The Morgan fingerprint density at radius 2 is 1.74 bits per heavy atom. The van der Waals surface area contributed by atoms with Gasteiger partial charge >= 0.3 is 0 Å². The minimum atomic E-state index is -0.177. The fourth-order valence-electron chi connectivity index (χ4n) is 3.96. The summed E-state index contributed by atoms with van der Waals surface area (Å²) in [6.07, 6.45) is 3.80. The van der Waals surface area contributed by atoms with Crippen LogP contribution in [0.3, 0.4) is 0 Å². The van der Waals surface area contributed by atoms with Gasteiger partial charge in [-0.15, -0.1) is 0 Å². The number of nitrogens with zero attached hydrogens (tertiary/aromatic N) is 4. The lowest BCUT2D eigenvalue weighted by Crippen LogP contribution is -2.52. The largest absolute Gasteiger partial charge is 0.368 e. The van der Waals surface area contributed by atoms with Crippen LogP contribution in [0.2, 0.25) is 0 Å². The number of aliphatic imine (C=N–C) groups is 1. The number of piperazine rings is 1. The van der Waals surface area contributed by atoms with Crippen LogP contribution < -0.4 is 10.2 Å². The van der Waals surface area contributed by atoms with Crippen LogP contribution in [0, 0.1) is 11.7 Å². The molecule has 0 aliphatic carbocycles. The molecule has 0 bridgehead atoms. The number of anilines is 1. The number of rotatable bonds is 5. The molecule has 0 amide bonds. The molecule has 27 heavy (non-hydrogen) atoms. The van der Waals surface area contributed by atoms with Crippen LogP contribution in [0.5, 0.6) is 0 Å². The summed E-state index contributed by atoms with van der Waals surface area (Å²) in [4.78, 5) is 12.0.